The van der Waals surface area contributed by atoms with Crippen LogP contribution in [0.5, 0.6) is 0 Å². The lowest BCUT2D eigenvalue weighted by Crippen LogP contribution is -2.09. The number of carbonyl (C=O) groups is 1. The quantitative estimate of drug-likeness (QED) is 0.658. The number of hydrogen-bond acceptors (Lipinski definition) is 5. The van der Waals surface area contributed by atoms with Crippen molar-refractivity contribution in [3.05, 3.63) is 35.8 Å². The summed E-state index contributed by atoms with van der Waals surface area (Å²) >= 11 is 1.33. The van der Waals surface area contributed by atoms with Gasteiger partial charge >= 0.3 is 0 Å². The molecule has 2 N–H and O–H groups in total. The molecule has 0 aromatic carbocycles. The number of amides is 1. The standard InChI is InChI=1S/C12H10N4O2S/c1-19-12-9(7-13)11(15-16-12)14-10(17)5-4-8-3-2-6-18-8/h2-6H,1H3,(H2,14,15,16,17). The molecule has 0 unspecified atom stereocenters. The van der Waals surface area contributed by atoms with Crippen LogP contribution in [0.2, 0.25) is 0 Å². The van der Waals surface area contributed by atoms with Gasteiger partial charge in [0.05, 0.1) is 6.26 Å². The van der Waals surface area contributed by atoms with Crippen molar-refractivity contribution in [3.8, 4) is 6.07 Å². The Bertz CT molecular complexity index is 637. The van der Waals surface area contributed by atoms with Crippen molar-refractivity contribution in [2.45, 2.75) is 5.03 Å². The molecule has 2 aromatic heterocycles. The van der Waals surface area contributed by atoms with E-state index in [-0.39, 0.29) is 5.91 Å². The fourth-order valence-corrected chi connectivity index (χ4v) is 1.86. The van der Waals surface area contributed by atoms with Gasteiger partial charge in [0.1, 0.15) is 28.2 Å². The van der Waals surface area contributed by atoms with Gasteiger partial charge in [0.15, 0.2) is 0 Å². The molecule has 7 heteroatoms. The van der Waals surface area contributed by atoms with E-state index in [0.29, 0.717) is 22.2 Å². The van der Waals surface area contributed by atoms with Gasteiger partial charge in [-0.1, -0.05) is 0 Å². The molecule has 0 radical (unpaired) electrons. The summed E-state index contributed by atoms with van der Waals surface area (Å²) in [5.41, 5.74) is 0.326. The first-order chi connectivity index (χ1) is 9.24. The maximum absolute atomic E-state index is 11.7. The maximum Gasteiger partial charge on any atom is 0.249 e. The van der Waals surface area contributed by atoms with Gasteiger partial charge in [-0.25, -0.2) is 0 Å². The summed E-state index contributed by atoms with van der Waals surface area (Å²) < 4.78 is 5.06. The minimum Gasteiger partial charge on any atom is -0.465 e. The second-order valence-corrected chi connectivity index (χ2v) is 4.23. The number of anilines is 1. The molecule has 19 heavy (non-hydrogen) atoms. The van der Waals surface area contributed by atoms with Crippen molar-refractivity contribution < 1.29 is 9.21 Å². The highest BCUT2D eigenvalue weighted by molar-refractivity contribution is 7.98. The van der Waals surface area contributed by atoms with Gasteiger partial charge in [0.25, 0.3) is 0 Å². The molecule has 96 valence electrons. The zero-order chi connectivity index (χ0) is 13.7. The van der Waals surface area contributed by atoms with E-state index < -0.39 is 0 Å². The molecule has 1 amide bonds. The minimum absolute atomic E-state index is 0.293. The van der Waals surface area contributed by atoms with Gasteiger partial charge < -0.3 is 9.73 Å². The van der Waals surface area contributed by atoms with Crippen molar-refractivity contribution >= 4 is 29.6 Å². The van der Waals surface area contributed by atoms with E-state index in [4.69, 9.17) is 9.68 Å². The summed E-state index contributed by atoms with van der Waals surface area (Å²) in [5.74, 6) is 0.496. The van der Waals surface area contributed by atoms with Crippen LogP contribution in [0, 0.1) is 11.3 Å². The summed E-state index contributed by atoms with van der Waals surface area (Å²) in [5, 5.41) is 18.7. The van der Waals surface area contributed by atoms with Crippen molar-refractivity contribution in [1.29, 1.82) is 5.26 Å². The van der Waals surface area contributed by atoms with E-state index in [1.54, 1.807) is 18.4 Å². The third-order valence-electron chi connectivity index (χ3n) is 2.23. The molecule has 2 heterocycles. The molecule has 0 aliphatic carbocycles. The van der Waals surface area contributed by atoms with Crippen LogP contribution in [0.4, 0.5) is 5.82 Å². The molecule has 0 atom stereocenters. The van der Waals surface area contributed by atoms with Crippen molar-refractivity contribution in [2.24, 2.45) is 0 Å². The van der Waals surface area contributed by atoms with Crippen LogP contribution in [-0.2, 0) is 4.79 Å². The zero-order valence-electron chi connectivity index (χ0n) is 10.0. The SMILES string of the molecule is CSc1n[nH]c(NC(=O)C=Cc2ccco2)c1C#N. The normalized spacial score (nSPS) is 10.5. The molecular formula is C12H10N4O2S. The Balaban J connectivity index is 2.07. The highest BCUT2D eigenvalue weighted by Crippen LogP contribution is 2.22. The number of H-pyrrole nitrogens is 1. The molecule has 0 aliphatic heterocycles. The first-order valence-corrected chi connectivity index (χ1v) is 6.52. The Morgan fingerprint density at radius 3 is 3.16 bits per heavy atom. The lowest BCUT2D eigenvalue weighted by Gasteiger charge is -1.97. The fourth-order valence-electron chi connectivity index (χ4n) is 1.38. The van der Waals surface area contributed by atoms with Gasteiger partial charge in [-0.15, -0.1) is 11.8 Å². The van der Waals surface area contributed by atoms with E-state index in [0.717, 1.165) is 0 Å². The number of carbonyl (C=O) groups excluding carboxylic acids is 1. The van der Waals surface area contributed by atoms with Crippen LogP contribution in [0.15, 0.2) is 33.9 Å². The Morgan fingerprint density at radius 1 is 1.68 bits per heavy atom. The molecule has 2 aromatic rings. The molecular weight excluding hydrogens is 264 g/mol. The molecule has 0 bridgehead atoms. The predicted octanol–water partition coefficient (Wildman–Crippen LogP) is 2.25. The summed E-state index contributed by atoms with van der Waals surface area (Å²) in [4.78, 5) is 11.7. The van der Waals surface area contributed by atoms with Crippen LogP contribution in [-0.4, -0.2) is 22.4 Å². The minimum atomic E-state index is -0.371. The van der Waals surface area contributed by atoms with E-state index in [9.17, 15) is 4.79 Å². The second-order valence-electron chi connectivity index (χ2n) is 3.43. The molecule has 6 nitrogen and oxygen atoms in total. The smallest absolute Gasteiger partial charge is 0.249 e. The lowest BCUT2D eigenvalue weighted by molar-refractivity contribution is -0.111. The maximum atomic E-state index is 11.7. The number of aromatic amines is 1. The molecule has 0 saturated carbocycles. The van der Waals surface area contributed by atoms with Crippen LogP contribution in [0.1, 0.15) is 11.3 Å². The van der Waals surface area contributed by atoms with Crippen LogP contribution < -0.4 is 5.32 Å². The Morgan fingerprint density at radius 2 is 2.53 bits per heavy atom. The average molecular weight is 274 g/mol. The number of hydrogen-bond donors (Lipinski definition) is 2. The van der Waals surface area contributed by atoms with Gasteiger partial charge in [-0.2, -0.15) is 10.4 Å². The van der Waals surface area contributed by atoms with E-state index in [2.05, 4.69) is 15.5 Å². The highest BCUT2D eigenvalue weighted by Gasteiger charge is 2.13. The van der Waals surface area contributed by atoms with Crippen molar-refractivity contribution in [1.82, 2.24) is 10.2 Å². The summed E-state index contributed by atoms with van der Waals surface area (Å²) in [6.45, 7) is 0. The number of nitriles is 1. The first kappa shape index (κ1) is 13.0. The van der Waals surface area contributed by atoms with Gasteiger partial charge in [0.2, 0.25) is 5.91 Å². The van der Waals surface area contributed by atoms with Crippen LogP contribution in [0.3, 0.4) is 0 Å². The number of thioether (sulfide) groups is 1. The van der Waals surface area contributed by atoms with E-state index in [1.165, 1.54) is 30.2 Å². The van der Waals surface area contributed by atoms with Crippen LogP contribution >= 0.6 is 11.8 Å². The van der Waals surface area contributed by atoms with Crippen LogP contribution in [0.25, 0.3) is 6.08 Å². The molecule has 0 fully saturated rings. The monoisotopic (exact) mass is 274 g/mol. The molecule has 0 saturated heterocycles. The second kappa shape index (κ2) is 5.93. The third-order valence-corrected chi connectivity index (χ3v) is 2.91. The third kappa shape index (κ3) is 3.05. The Hall–Kier alpha value is -2.46. The predicted molar refractivity (Wildman–Crippen MR) is 71.5 cm³/mol. The zero-order valence-corrected chi connectivity index (χ0v) is 10.8. The van der Waals surface area contributed by atoms with Crippen molar-refractivity contribution in [2.75, 3.05) is 11.6 Å². The van der Waals surface area contributed by atoms with E-state index in [1.807, 2.05) is 6.07 Å². The highest BCUT2D eigenvalue weighted by atomic mass is 32.2. The van der Waals surface area contributed by atoms with Crippen molar-refractivity contribution in [3.63, 3.8) is 0 Å². The molecule has 0 spiro atoms. The fraction of sp³-hybridized carbons (Fsp3) is 0.0833. The molecule has 2 rings (SSSR count). The van der Waals surface area contributed by atoms with Gasteiger partial charge in [-0.3, -0.25) is 9.89 Å². The Kier molecular flexibility index (Phi) is 4.05. The number of nitrogens with one attached hydrogen (secondary N) is 2. The number of aromatic nitrogens is 2. The summed E-state index contributed by atoms with van der Waals surface area (Å²) in [7, 11) is 0. The number of rotatable bonds is 4. The lowest BCUT2D eigenvalue weighted by atomic mass is 10.3. The van der Waals surface area contributed by atoms with Gasteiger partial charge in [0, 0.05) is 6.08 Å². The Labute approximate surface area is 113 Å². The summed E-state index contributed by atoms with van der Waals surface area (Å²) in [6.07, 6.45) is 6.18. The summed E-state index contributed by atoms with van der Waals surface area (Å²) in [6, 6.07) is 5.45. The largest absolute Gasteiger partial charge is 0.465 e. The number of furan rings is 1. The van der Waals surface area contributed by atoms with E-state index >= 15 is 0 Å². The number of nitrogens with zero attached hydrogens (tertiary/aromatic N) is 2. The topological polar surface area (TPSA) is 94.7 Å². The molecule has 0 aliphatic rings. The van der Waals surface area contributed by atoms with Gasteiger partial charge in [-0.05, 0) is 24.5 Å². The first-order valence-electron chi connectivity index (χ1n) is 5.29. The average Bonchev–Trinajstić information content (AvgIpc) is 3.05.